The summed E-state index contributed by atoms with van der Waals surface area (Å²) < 4.78 is 5.27. The SMILES string of the molecule is C=CCOc1cccc(CC(=O)O)c1.O=C(O)Cc1cccc(O)c1. The second-order valence-electron chi connectivity index (χ2n) is 5.06. The number of carbonyl (C=O) groups is 2. The van der Waals surface area contributed by atoms with Crippen molar-refractivity contribution in [3.63, 3.8) is 0 Å². The number of ether oxygens (including phenoxy) is 1. The highest BCUT2D eigenvalue weighted by molar-refractivity contribution is 5.70. The maximum atomic E-state index is 10.4. The smallest absolute Gasteiger partial charge is 0.307 e. The Balaban J connectivity index is 0.000000257. The summed E-state index contributed by atoms with van der Waals surface area (Å²) in [6.45, 7) is 3.95. The van der Waals surface area contributed by atoms with Crippen LogP contribution in [0.1, 0.15) is 11.1 Å². The van der Waals surface area contributed by atoms with Crippen LogP contribution in [0, 0.1) is 0 Å². The molecule has 0 aliphatic heterocycles. The first kappa shape index (κ1) is 19.8. The second-order valence-corrected chi connectivity index (χ2v) is 5.06. The zero-order valence-electron chi connectivity index (χ0n) is 13.6. The molecule has 6 heteroatoms. The van der Waals surface area contributed by atoms with Gasteiger partial charge in [0.05, 0.1) is 12.8 Å². The molecule has 25 heavy (non-hydrogen) atoms. The van der Waals surface area contributed by atoms with Crippen LogP contribution < -0.4 is 4.74 Å². The molecule has 0 unspecified atom stereocenters. The number of phenols is 1. The van der Waals surface area contributed by atoms with Crippen molar-refractivity contribution in [2.45, 2.75) is 12.8 Å². The van der Waals surface area contributed by atoms with E-state index in [1.165, 1.54) is 12.1 Å². The average Bonchev–Trinajstić information content (AvgIpc) is 2.53. The van der Waals surface area contributed by atoms with Gasteiger partial charge in [-0.25, -0.2) is 0 Å². The first-order chi connectivity index (χ1) is 11.9. The maximum absolute atomic E-state index is 10.4. The van der Waals surface area contributed by atoms with Crippen LogP contribution in [0.5, 0.6) is 11.5 Å². The third-order valence-electron chi connectivity index (χ3n) is 2.89. The van der Waals surface area contributed by atoms with E-state index in [0.717, 1.165) is 5.56 Å². The summed E-state index contributed by atoms with van der Waals surface area (Å²) in [6, 6.07) is 13.3. The van der Waals surface area contributed by atoms with Crippen LogP contribution >= 0.6 is 0 Å². The molecule has 0 aliphatic carbocycles. The summed E-state index contributed by atoms with van der Waals surface area (Å²) in [4.78, 5) is 20.6. The van der Waals surface area contributed by atoms with E-state index in [1.807, 2.05) is 0 Å². The summed E-state index contributed by atoms with van der Waals surface area (Å²) in [5, 5.41) is 25.9. The summed E-state index contributed by atoms with van der Waals surface area (Å²) >= 11 is 0. The van der Waals surface area contributed by atoms with Crippen molar-refractivity contribution in [1.29, 1.82) is 0 Å². The first-order valence-corrected chi connectivity index (χ1v) is 7.45. The number of carboxylic acid groups (broad SMARTS) is 2. The molecular formula is C19H20O6. The molecule has 0 atom stereocenters. The van der Waals surface area contributed by atoms with Gasteiger partial charge in [-0.05, 0) is 35.4 Å². The van der Waals surface area contributed by atoms with Crippen molar-refractivity contribution >= 4 is 11.9 Å². The number of benzene rings is 2. The van der Waals surface area contributed by atoms with Gasteiger partial charge in [0.2, 0.25) is 0 Å². The van der Waals surface area contributed by atoms with Gasteiger partial charge in [-0.15, -0.1) is 0 Å². The first-order valence-electron chi connectivity index (χ1n) is 7.45. The lowest BCUT2D eigenvalue weighted by Gasteiger charge is -2.04. The van der Waals surface area contributed by atoms with Crippen molar-refractivity contribution in [2.24, 2.45) is 0 Å². The van der Waals surface area contributed by atoms with Crippen molar-refractivity contribution in [2.75, 3.05) is 6.61 Å². The number of hydrogen-bond donors (Lipinski definition) is 3. The van der Waals surface area contributed by atoms with Crippen LogP contribution in [0.3, 0.4) is 0 Å². The number of phenolic OH excluding ortho intramolecular Hbond substituents is 1. The lowest BCUT2D eigenvalue weighted by atomic mass is 10.1. The monoisotopic (exact) mass is 344 g/mol. The predicted octanol–water partition coefficient (Wildman–Crippen LogP) is 2.90. The second kappa shape index (κ2) is 10.5. The number of aromatic hydroxyl groups is 1. The molecule has 0 spiro atoms. The maximum Gasteiger partial charge on any atom is 0.307 e. The highest BCUT2D eigenvalue weighted by Crippen LogP contribution is 2.13. The van der Waals surface area contributed by atoms with Gasteiger partial charge in [-0.1, -0.05) is 36.9 Å². The fourth-order valence-electron chi connectivity index (χ4n) is 1.92. The highest BCUT2D eigenvalue weighted by Gasteiger charge is 2.01. The largest absolute Gasteiger partial charge is 0.508 e. The molecule has 0 saturated heterocycles. The van der Waals surface area contributed by atoms with E-state index in [9.17, 15) is 9.59 Å². The molecule has 2 aromatic rings. The van der Waals surface area contributed by atoms with Gasteiger partial charge in [0, 0.05) is 0 Å². The van der Waals surface area contributed by atoms with Crippen LogP contribution in [0.2, 0.25) is 0 Å². The third-order valence-corrected chi connectivity index (χ3v) is 2.89. The predicted molar refractivity (Wildman–Crippen MR) is 92.9 cm³/mol. The summed E-state index contributed by atoms with van der Waals surface area (Å²) in [5.41, 5.74) is 1.34. The van der Waals surface area contributed by atoms with Gasteiger partial charge in [0.1, 0.15) is 18.1 Å². The molecule has 0 fully saturated rings. The normalized spacial score (nSPS) is 9.44. The molecule has 132 valence electrons. The van der Waals surface area contributed by atoms with Gasteiger partial charge >= 0.3 is 11.9 Å². The van der Waals surface area contributed by atoms with E-state index in [2.05, 4.69) is 6.58 Å². The van der Waals surface area contributed by atoms with Crippen LogP contribution in [0.25, 0.3) is 0 Å². The lowest BCUT2D eigenvalue weighted by Crippen LogP contribution is -2.00. The topological polar surface area (TPSA) is 104 Å². The quantitative estimate of drug-likeness (QED) is 0.667. The van der Waals surface area contributed by atoms with E-state index < -0.39 is 11.9 Å². The van der Waals surface area contributed by atoms with Crippen LogP contribution in [0.4, 0.5) is 0 Å². The average molecular weight is 344 g/mol. The molecule has 3 N–H and O–H groups in total. The molecule has 0 aliphatic rings. The zero-order chi connectivity index (χ0) is 18.7. The van der Waals surface area contributed by atoms with Gasteiger partial charge in [-0.2, -0.15) is 0 Å². The Hall–Kier alpha value is -3.28. The molecule has 0 bridgehead atoms. The molecule has 0 saturated carbocycles. The molecule has 0 amide bonds. The van der Waals surface area contributed by atoms with Crippen LogP contribution in [0.15, 0.2) is 61.2 Å². The minimum absolute atomic E-state index is 0.0191. The molecule has 0 heterocycles. The van der Waals surface area contributed by atoms with E-state index in [0.29, 0.717) is 17.9 Å². The van der Waals surface area contributed by atoms with Crippen molar-refractivity contribution in [3.05, 3.63) is 72.3 Å². The minimum atomic E-state index is -0.893. The molecule has 0 radical (unpaired) electrons. The molecule has 2 rings (SSSR count). The lowest BCUT2D eigenvalue weighted by molar-refractivity contribution is -0.137. The summed E-state index contributed by atoms with van der Waals surface area (Å²) in [6.07, 6.45) is 1.61. The Morgan fingerprint density at radius 3 is 2.04 bits per heavy atom. The van der Waals surface area contributed by atoms with Gasteiger partial charge in [0.25, 0.3) is 0 Å². The summed E-state index contributed by atoms with van der Waals surface area (Å²) in [7, 11) is 0. The molecule has 0 aromatic heterocycles. The number of aliphatic carboxylic acids is 2. The number of rotatable bonds is 7. The minimum Gasteiger partial charge on any atom is -0.508 e. The Morgan fingerprint density at radius 1 is 0.960 bits per heavy atom. The molecular weight excluding hydrogens is 324 g/mol. The van der Waals surface area contributed by atoms with Gasteiger partial charge < -0.3 is 20.1 Å². The fourth-order valence-corrected chi connectivity index (χ4v) is 1.92. The van der Waals surface area contributed by atoms with E-state index in [-0.39, 0.29) is 18.6 Å². The Bertz CT molecular complexity index is 723. The van der Waals surface area contributed by atoms with Gasteiger partial charge in [-0.3, -0.25) is 9.59 Å². The molecule has 2 aromatic carbocycles. The van der Waals surface area contributed by atoms with Gasteiger partial charge in [0.15, 0.2) is 0 Å². The number of hydrogen-bond acceptors (Lipinski definition) is 4. The van der Waals surface area contributed by atoms with Crippen molar-refractivity contribution < 1.29 is 29.6 Å². The summed E-state index contributed by atoms with van der Waals surface area (Å²) in [5.74, 6) is -0.964. The van der Waals surface area contributed by atoms with Crippen LogP contribution in [-0.2, 0) is 22.4 Å². The van der Waals surface area contributed by atoms with E-state index in [1.54, 1.807) is 42.5 Å². The molecule has 6 nitrogen and oxygen atoms in total. The van der Waals surface area contributed by atoms with Crippen LogP contribution in [-0.4, -0.2) is 33.9 Å². The van der Waals surface area contributed by atoms with E-state index in [4.69, 9.17) is 20.1 Å². The van der Waals surface area contributed by atoms with E-state index >= 15 is 0 Å². The third kappa shape index (κ3) is 8.80. The Labute approximate surface area is 145 Å². The zero-order valence-corrected chi connectivity index (χ0v) is 13.6. The Morgan fingerprint density at radius 2 is 1.52 bits per heavy atom. The number of carboxylic acids is 2. The standard InChI is InChI=1S/C11H12O3.C8H8O3/c1-2-6-14-10-5-3-4-9(7-10)8-11(12)13;9-7-3-1-2-6(4-7)5-8(10)11/h2-5,7H,1,6,8H2,(H,12,13);1-4,9H,5H2,(H,10,11). The highest BCUT2D eigenvalue weighted by atomic mass is 16.5. The Kier molecular flexibility index (Phi) is 8.29. The van der Waals surface area contributed by atoms with Crippen molar-refractivity contribution in [3.8, 4) is 11.5 Å². The fraction of sp³-hybridized carbons (Fsp3) is 0.158. The van der Waals surface area contributed by atoms with Crippen molar-refractivity contribution in [1.82, 2.24) is 0 Å².